The van der Waals surface area contributed by atoms with Gasteiger partial charge in [0, 0.05) is 7.05 Å². The zero-order valence-electron chi connectivity index (χ0n) is 3.86. The van der Waals surface area contributed by atoms with Gasteiger partial charge in [0.25, 0.3) is 6.43 Å². The molecule has 0 aliphatic rings. The van der Waals surface area contributed by atoms with Crippen molar-refractivity contribution in [2.24, 2.45) is 10.7 Å². The minimum Gasteiger partial charge on any atom is -0.383 e. The molecular weight excluding hydrogens is 102 g/mol. The van der Waals surface area contributed by atoms with Gasteiger partial charge in [0.1, 0.15) is 0 Å². The highest BCUT2D eigenvalue weighted by molar-refractivity contribution is 5.83. The van der Waals surface area contributed by atoms with Crippen molar-refractivity contribution in [3.8, 4) is 0 Å². The maximum absolute atomic E-state index is 11.2. The normalized spacial score (nSPS) is 12.9. The average Bonchev–Trinajstić information content (AvgIpc) is 1.65. The number of hydrogen-bond acceptors (Lipinski definition) is 1. The van der Waals surface area contributed by atoms with E-state index in [0.717, 1.165) is 0 Å². The van der Waals surface area contributed by atoms with E-state index < -0.39 is 12.3 Å². The van der Waals surface area contributed by atoms with Gasteiger partial charge in [0.2, 0.25) is 0 Å². The highest BCUT2D eigenvalue weighted by Gasteiger charge is 2.04. The summed E-state index contributed by atoms with van der Waals surface area (Å²) < 4.78 is 22.3. The molecule has 0 aromatic carbocycles. The summed E-state index contributed by atoms with van der Waals surface area (Å²) in [6.07, 6.45) is -2.61. The van der Waals surface area contributed by atoms with Gasteiger partial charge in [-0.1, -0.05) is 0 Å². The second-order valence-electron chi connectivity index (χ2n) is 0.949. The molecule has 0 aromatic rings. The van der Waals surface area contributed by atoms with Crippen LogP contribution in [-0.4, -0.2) is 19.3 Å². The second-order valence-corrected chi connectivity index (χ2v) is 0.949. The van der Waals surface area contributed by atoms with E-state index in [4.69, 9.17) is 0 Å². The molecule has 0 aromatic heterocycles. The van der Waals surface area contributed by atoms with E-state index in [9.17, 15) is 8.78 Å². The SMILES string of the molecule is CN=C(N)C(F)F. The first kappa shape index (κ1) is 6.33. The number of hydrogen-bond donors (Lipinski definition) is 1. The number of alkyl halides is 2. The van der Waals surface area contributed by atoms with Crippen LogP contribution < -0.4 is 5.73 Å². The van der Waals surface area contributed by atoms with E-state index in [0.29, 0.717) is 0 Å². The fourth-order valence-electron chi connectivity index (χ4n) is 0.0976. The summed E-state index contributed by atoms with van der Waals surface area (Å²) in [6.45, 7) is 0. The standard InChI is InChI=1S/C3H6F2N2/c1-7-3(6)2(4)5/h2H,1H3,(H2,6,7). The van der Waals surface area contributed by atoms with Gasteiger partial charge in [-0.25, -0.2) is 8.78 Å². The van der Waals surface area contributed by atoms with Crippen LogP contribution in [0, 0.1) is 0 Å². The average molecular weight is 108 g/mol. The first-order valence-electron chi connectivity index (χ1n) is 1.68. The number of amidine groups is 1. The van der Waals surface area contributed by atoms with Crippen molar-refractivity contribution < 1.29 is 8.78 Å². The van der Waals surface area contributed by atoms with Gasteiger partial charge in [-0.2, -0.15) is 0 Å². The number of aliphatic imine (C=N–C) groups is 1. The summed E-state index contributed by atoms with van der Waals surface area (Å²) >= 11 is 0. The van der Waals surface area contributed by atoms with E-state index in [1.807, 2.05) is 0 Å². The lowest BCUT2D eigenvalue weighted by Crippen LogP contribution is -2.20. The Bertz CT molecular complexity index is 79.0. The lowest BCUT2D eigenvalue weighted by Gasteiger charge is -1.91. The quantitative estimate of drug-likeness (QED) is 0.379. The lowest BCUT2D eigenvalue weighted by atomic mass is 10.6. The van der Waals surface area contributed by atoms with Crippen LogP contribution in [0.25, 0.3) is 0 Å². The Morgan fingerprint density at radius 3 is 2.14 bits per heavy atom. The van der Waals surface area contributed by atoms with Gasteiger partial charge < -0.3 is 5.73 Å². The molecule has 42 valence electrons. The van der Waals surface area contributed by atoms with E-state index in [1.54, 1.807) is 0 Å². The van der Waals surface area contributed by atoms with E-state index >= 15 is 0 Å². The second kappa shape index (κ2) is 2.49. The van der Waals surface area contributed by atoms with Gasteiger partial charge in [0.05, 0.1) is 0 Å². The molecule has 0 heterocycles. The van der Waals surface area contributed by atoms with Crippen LogP contribution >= 0.6 is 0 Å². The summed E-state index contributed by atoms with van der Waals surface area (Å²) in [5.41, 5.74) is 4.62. The Kier molecular flexibility index (Phi) is 2.26. The van der Waals surface area contributed by atoms with Crippen LogP contribution in [0.15, 0.2) is 4.99 Å². The molecule has 0 saturated carbocycles. The van der Waals surface area contributed by atoms with E-state index in [1.165, 1.54) is 7.05 Å². The molecule has 4 heteroatoms. The van der Waals surface area contributed by atoms with Crippen LogP contribution in [0.2, 0.25) is 0 Å². The summed E-state index contributed by atoms with van der Waals surface area (Å²) in [5, 5.41) is 0. The highest BCUT2D eigenvalue weighted by Crippen LogP contribution is 1.88. The molecule has 0 aliphatic carbocycles. The van der Waals surface area contributed by atoms with Gasteiger partial charge in [0.15, 0.2) is 5.84 Å². The fourth-order valence-corrected chi connectivity index (χ4v) is 0.0976. The van der Waals surface area contributed by atoms with Crippen LogP contribution in [-0.2, 0) is 0 Å². The van der Waals surface area contributed by atoms with Crippen LogP contribution in [0.1, 0.15) is 0 Å². The Morgan fingerprint density at radius 1 is 1.71 bits per heavy atom. The minimum atomic E-state index is -2.61. The maximum Gasteiger partial charge on any atom is 0.294 e. The molecule has 7 heavy (non-hydrogen) atoms. The Balaban J connectivity index is 3.56. The molecule has 0 atom stereocenters. The third-order valence-electron chi connectivity index (χ3n) is 0.482. The first-order valence-corrected chi connectivity index (χ1v) is 1.68. The molecule has 0 aliphatic heterocycles. The maximum atomic E-state index is 11.2. The molecule has 0 rings (SSSR count). The van der Waals surface area contributed by atoms with E-state index in [2.05, 4.69) is 10.7 Å². The molecule has 0 unspecified atom stereocenters. The van der Waals surface area contributed by atoms with Crippen molar-refractivity contribution in [3.63, 3.8) is 0 Å². The van der Waals surface area contributed by atoms with Gasteiger partial charge in [-0.15, -0.1) is 0 Å². The third kappa shape index (κ3) is 2.08. The molecule has 2 nitrogen and oxygen atoms in total. The van der Waals surface area contributed by atoms with Crippen molar-refractivity contribution in [2.75, 3.05) is 7.05 Å². The Hall–Kier alpha value is -0.670. The number of halogens is 2. The molecule has 0 radical (unpaired) electrons. The molecule has 2 N–H and O–H groups in total. The van der Waals surface area contributed by atoms with Gasteiger partial charge >= 0.3 is 0 Å². The zero-order valence-corrected chi connectivity index (χ0v) is 3.86. The van der Waals surface area contributed by atoms with Crippen molar-refractivity contribution >= 4 is 5.84 Å². The monoisotopic (exact) mass is 108 g/mol. The zero-order chi connectivity index (χ0) is 5.86. The van der Waals surface area contributed by atoms with Crippen LogP contribution in [0.4, 0.5) is 8.78 Å². The fraction of sp³-hybridized carbons (Fsp3) is 0.667. The van der Waals surface area contributed by atoms with Crippen LogP contribution in [0.3, 0.4) is 0 Å². The molecular formula is C3H6F2N2. The minimum absolute atomic E-state index is 0.611. The Labute approximate surface area is 40.0 Å². The predicted octanol–water partition coefficient (Wildman–Crippen LogP) is 0.238. The smallest absolute Gasteiger partial charge is 0.294 e. The lowest BCUT2D eigenvalue weighted by molar-refractivity contribution is 0.224. The number of rotatable bonds is 1. The summed E-state index contributed by atoms with van der Waals surface area (Å²) in [5.74, 6) is -0.611. The molecule has 0 spiro atoms. The highest BCUT2D eigenvalue weighted by atomic mass is 19.3. The molecule has 0 fully saturated rings. The van der Waals surface area contributed by atoms with Crippen molar-refractivity contribution in [2.45, 2.75) is 6.43 Å². The van der Waals surface area contributed by atoms with Crippen LogP contribution in [0.5, 0.6) is 0 Å². The van der Waals surface area contributed by atoms with Gasteiger partial charge in [-0.3, -0.25) is 4.99 Å². The summed E-state index contributed by atoms with van der Waals surface area (Å²) in [6, 6.07) is 0. The van der Waals surface area contributed by atoms with Gasteiger partial charge in [-0.05, 0) is 0 Å². The molecule has 0 saturated heterocycles. The third-order valence-corrected chi connectivity index (χ3v) is 0.482. The van der Waals surface area contributed by atoms with Crippen molar-refractivity contribution in [1.82, 2.24) is 0 Å². The Morgan fingerprint density at radius 2 is 2.14 bits per heavy atom. The molecule has 0 amide bonds. The number of nitrogens with two attached hydrogens (primary N) is 1. The van der Waals surface area contributed by atoms with Crippen molar-refractivity contribution in [1.29, 1.82) is 0 Å². The van der Waals surface area contributed by atoms with E-state index in [-0.39, 0.29) is 0 Å². The summed E-state index contributed by atoms with van der Waals surface area (Å²) in [7, 11) is 1.22. The number of nitrogens with zero attached hydrogens (tertiary/aromatic N) is 1. The topological polar surface area (TPSA) is 38.4 Å². The molecule has 0 bridgehead atoms. The largest absolute Gasteiger partial charge is 0.383 e. The first-order chi connectivity index (χ1) is 3.18. The van der Waals surface area contributed by atoms with Crippen molar-refractivity contribution in [3.05, 3.63) is 0 Å². The summed E-state index contributed by atoms with van der Waals surface area (Å²) in [4.78, 5) is 3.03. The predicted molar refractivity (Wildman–Crippen MR) is 23.6 cm³/mol.